The van der Waals surface area contributed by atoms with E-state index in [1.807, 2.05) is 26.0 Å². The Morgan fingerprint density at radius 1 is 1.42 bits per heavy atom. The quantitative estimate of drug-likeness (QED) is 0.498. The van der Waals surface area contributed by atoms with E-state index in [9.17, 15) is 9.59 Å². The van der Waals surface area contributed by atoms with Crippen LogP contribution in [0.1, 0.15) is 49.8 Å². The van der Waals surface area contributed by atoms with Gasteiger partial charge in [-0.05, 0) is 62.6 Å². The number of nitrogens with one attached hydrogen (secondary N) is 3. The first-order chi connectivity index (χ1) is 12.3. The number of hydrogen-bond acceptors (Lipinski definition) is 4. The Labute approximate surface area is 157 Å². The zero-order valence-electron chi connectivity index (χ0n) is 15.0. The van der Waals surface area contributed by atoms with Crippen molar-refractivity contribution in [2.75, 3.05) is 6.54 Å². The van der Waals surface area contributed by atoms with Crippen molar-refractivity contribution in [2.24, 2.45) is 11.1 Å². The van der Waals surface area contributed by atoms with E-state index >= 15 is 0 Å². The number of carbonyl (C=O) groups excluding carboxylic acids is 2. The van der Waals surface area contributed by atoms with Gasteiger partial charge in [-0.3, -0.25) is 4.79 Å². The minimum Gasteiger partial charge on any atom is -0.348 e. The van der Waals surface area contributed by atoms with Crippen LogP contribution in [0.4, 0.5) is 4.79 Å². The third-order valence-electron chi connectivity index (χ3n) is 5.21. The van der Waals surface area contributed by atoms with Crippen molar-refractivity contribution < 1.29 is 9.59 Å². The second-order valence-corrected chi connectivity index (χ2v) is 7.72. The predicted molar refractivity (Wildman–Crippen MR) is 97.8 cm³/mol. The van der Waals surface area contributed by atoms with Gasteiger partial charge < -0.3 is 10.6 Å². The molecule has 0 spiro atoms. The fourth-order valence-corrected chi connectivity index (χ4v) is 3.40. The van der Waals surface area contributed by atoms with E-state index in [-0.39, 0.29) is 24.0 Å². The molecule has 0 heterocycles. The number of carbonyl (C=O) groups is 2. The van der Waals surface area contributed by atoms with Crippen molar-refractivity contribution in [3.05, 3.63) is 34.3 Å². The van der Waals surface area contributed by atoms with Gasteiger partial charge >= 0.3 is 6.03 Å². The Morgan fingerprint density at radius 3 is 2.65 bits per heavy atom. The normalized spacial score (nSPS) is 18.6. The number of benzene rings is 1. The second kappa shape index (κ2) is 7.23. The minimum atomic E-state index is -0.477. The second-order valence-electron chi connectivity index (χ2n) is 7.32. The third-order valence-corrected chi connectivity index (χ3v) is 5.64. The van der Waals surface area contributed by atoms with Crippen LogP contribution in [0.5, 0.6) is 0 Å². The summed E-state index contributed by atoms with van der Waals surface area (Å²) in [6, 6.07) is 4.84. The summed E-state index contributed by atoms with van der Waals surface area (Å²) in [5, 5.41) is 10.6. The number of urea groups is 1. The number of amides is 3. The van der Waals surface area contributed by atoms with E-state index in [1.165, 1.54) is 0 Å². The molecular weight excluding hydrogens is 354 g/mol. The molecule has 1 aromatic rings. The average molecular weight is 378 g/mol. The third kappa shape index (κ3) is 4.15. The Hall–Kier alpha value is -2.15. The molecule has 2 fully saturated rings. The number of nitrogens with zero attached hydrogens (tertiary/aromatic N) is 2. The number of aryl methyl sites for hydroxylation is 1. The Kier molecular flexibility index (Phi) is 5.18. The first-order valence-corrected chi connectivity index (χ1v) is 9.25. The summed E-state index contributed by atoms with van der Waals surface area (Å²) in [7, 11) is 0. The highest BCUT2D eigenvalue weighted by atomic mass is 35.5. The molecule has 2 aliphatic rings. The molecule has 2 saturated carbocycles. The molecule has 0 radical (unpaired) electrons. The smallest absolute Gasteiger partial charge is 0.340 e. The molecule has 0 unspecified atom stereocenters. The van der Waals surface area contributed by atoms with Crippen molar-refractivity contribution in [3.8, 4) is 0 Å². The van der Waals surface area contributed by atoms with E-state index in [0.29, 0.717) is 10.9 Å². The maximum Gasteiger partial charge on any atom is 0.340 e. The molecule has 140 valence electrons. The summed E-state index contributed by atoms with van der Waals surface area (Å²) in [6.45, 7) is 3.47. The van der Waals surface area contributed by atoms with Crippen LogP contribution in [0, 0.1) is 18.4 Å². The molecule has 3 rings (SSSR count). The van der Waals surface area contributed by atoms with Crippen LogP contribution in [-0.2, 0) is 4.79 Å². The summed E-state index contributed by atoms with van der Waals surface area (Å²) in [6.07, 6.45) is 4.20. The van der Waals surface area contributed by atoms with Crippen molar-refractivity contribution in [1.29, 1.82) is 5.53 Å². The number of hydrogen-bond donors (Lipinski definition) is 3. The van der Waals surface area contributed by atoms with Gasteiger partial charge in [0, 0.05) is 10.6 Å². The van der Waals surface area contributed by atoms with Crippen LogP contribution in [0.3, 0.4) is 0 Å². The molecule has 0 aromatic heterocycles. The molecule has 8 heteroatoms. The van der Waals surface area contributed by atoms with E-state index in [4.69, 9.17) is 17.1 Å². The first-order valence-electron chi connectivity index (χ1n) is 8.87. The molecule has 26 heavy (non-hydrogen) atoms. The lowest BCUT2D eigenvalue weighted by Gasteiger charge is -2.22. The highest BCUT2D eigenvalue weighted by Gasteiger charge is 2.55. The zero-order valence-corrected chi connectivity index (χ0v) is 15.8. The van der Waals surface area contributed by atoms with Gasteiger partial charge in [0.1, 0.15) is 6.54 Å². The summed E-state index contributed by atoms with van der Waals surface area (Å²) in [4.78, 5) is 24.6. The van der Waals surface area contributed by atoms with Gasteiger partial charge in [-0.15, -0.1) is 0 Å². The van der Waals surface area contributed by atoms with Gasteiger partial charge in [0.2, 0.25) is 5.91 Å². The number of halogens is 1. The summed E-state index contributed by atoms with van der Waals surface area (Å²) >= 11 is 6.03. The molecule has 2 aliphatic carbocycles. The lowest BCUT2D eigenvalue weighted by Crippen LogP contribution is -2.48. The zero-order chi connectivity index (χ0) is 18.9. The van der Waals surface area contributed by atoms with Crippen molar-refractivity contribution in [1.82, 2.24) is 15.6 Å². The van der Waals surface area contributed by atoms with Crippen molar-refractivity contribution in [2.45, 2.75) is 51.1 Å². The van der Waals surface area contributed by atoms with Crippen LogP contribution >= 0.6 is 11.6 Å². The average Bonchev–Trinajstić information content (AvgIpc) is 3.48. The predicted octanol–water partition coefficient (Wildman–Crippen LogP) is 3.73. The van der Waals surface area contributed by atoms with Crippen LogP contribution in [0.15, 0.2) is 23.4 Å². The summed E-state index contributed by atoms with van der Waals surface area (Å²) in [5.41, 5.74) is 8.96. The molecule has 3 N–H and O–H groups in total. The van der Waals surface area contributed by atoms with Crippen LogP contribution in [-0.4, -0.2) is 29.0 Å². The van der Waals surface area contributed by atoms with Crippen molar-refractivity contribution in [3.63, 3.8) is 0 Å². The van der Waals surface area contributed by atoms with Gasteiger partial charge in [0.15, 0.2) is 0 Å². The highest BCUT2D eigenvalue weighted by Crippen LogP contribution is 2.53. The van der Waals surface area contributed by atoms with Crippen LogP contribution < -0.4 is 10.6 Å². The number of rotatable bonds is 7. The molecular formula is C18H24ClN5O2. The fraction of sp³-hybridized carbons (Fsp3) is 0.556. The maximum atomic E-state index is 12.3. The van der Waals surface area contributed by atoms with Crippen molar-refractivity contribution >= 4 is 23.5 Å². The fourth-order valence-electron chi connectivity index (χ4n) is 3.28. The monoisotopic (exact) mass is 377 g/mol. The molecule has 3 amide bonds. The molecule has 7 nitrogen and oxygen atoms in total. The summed E-state index contributed by atoms with van der Waals surface area (Å²) in [5.74, 6) is 0.175. The lowest BCUT2D eigenvalue weighted by atomic mass is 10.1. The first kappa shape index (κ1) is 18.6. The highest BCUT2D eigenvalue weighted by molar-refractivity contribution is 6.31. The Balaban J connectivity index is 1.54. The summed E-state index contributed by atoms with van der Waals surface area (Å²) < 4.78 is 0. The SMILES string of the molecule is Cc1cc([C@H](C)NC(=O)CN(N=N)C(=O)NC2(C3CC3)CC2)ccc1Cl. The Bertz CT molecular complexity index is 730. The standard InChI is InChI=1S/C18H24ClN5O2/c1-11-9-13(3-6-15(11)19)12(2)21-16(25)10-24(23-20)17(26)22-18(7-8-18)14-4-5-14/h3,6,9,12,14,20H,4-5,7-8,10H2,1-2H3,(H,21,25)(H,22,26)/t12-/m0/s1. The van der Waals surface area contributed by atoms with Gasteiger partial charge in [-0.2, -0.15) is 10.5 Å². The van der Waals surface area contributed by atoms with Gasteiger partial charge in [-0.1, -0.05) is 29.0 Å². The molecule has 0 saturated heterocycles. The van der Waals surface area contributed by atoms with Gasteiger partial charge in [0.25, 0.3) is 0 Å². The van der Waals surface area contributed by atoms with E-state index in [0.717, 1.165) is 41.8 Å². The largest absolute Gasteiger partial charge is 0.348 e. The van der Waals surface area contributed by atoms with Gasteiger partial charge in [-0.25, -0.2) is 4.79 Å². The molecule has 0 aliphatic heterocycles. The maximum absolute atomic E-state index is 12.3. The molecule has 1 aromatic carbocycles. The lowest BCUT2D eigenvalue weighted by molar-refractivity contribution is -0.122. The minimum absolute atomic E-state index is 0.120. The molecule has 0 bridgehead atoms. The van der Waals surface area contributed by atoms with E-state index < -0.39 is 6.03 Å². The Morgan fingerprint density at radius 2 is 2.12 bits per heavy atom. The van der Waals surface area contributed by atoms with Crippen LogP contribution in [0.2, 0.25) is 5.02 Å². The van der Waals surface area contributed by atoms with Crippen LogP contribution in [0.25, 0.3) is 0 Å². The molecule has 1 atom stereocenters. The van der Waals surface area contributed by atoms with Gasteiger partial charge in [0.05, 0.1) is 6.04 Å². The van der Waals surface area contributed by atoms with E-state index in [2.05, 4.69) is 15.9 Å². The van der Waals surface area contributed by atoms with E-state index in [1.54, 1.807) is 6.07 Å². The topological polar surface area (TPSA) is 97.7 Å².